The number of carboxylic acid groups (broad SMARTS) is 1. The zero-order chi connectivity index (χ0) is 29.2. The van der Waals surface area contributed by atoms with Gasteiger partial charge in [0, 0.05) is 27.8 Å². The Labute approximate surface area is 234 Å². The molecular formula is C28H26ClN3O8. The fourth-order valence-corrected chi connectivity index (χ4v) is 4.40. The van der Waals surface area contributed by atoms with E-state index in [0.717, 1.165) is 4.90 Å². The molecular weight excluding hydrogens is 542 g/mol. The second-order valence-electron chi connectivity index (χ2n) is 10.2. The van der Waals surface area contributed by atoms with Crippen molar-refractivity contribution in [3.63, 3.8) is 0 Å². The minimum Gasteiger partial charge on any atom is -0.480 e. The third kappa shape index (κ3) is 6.11. The van der Waals surface area contributed by atoms with Crippen molar-refractivity contribution in [2.45, 2.75) is 32.2 Å². The van der Waals surface area contributed by atoms with Crippen LogP contribution >= 0.6 is 11.6 Å². The van der Waals surface area contributed by atoms with Gasteiger partial charge in [-0.15, -0.1) is 0 Å². The quantitative estimate of drug-likeness (QED) is 0.223. The molecule has 2 N–H and O–H groups in total. The average molecular weight is 568 g/mol. The molecule has 2 amide bonds. The summed E-state index contributed by atoms with van der Waals surface area (Å²) in [5, 5.41) is 15.6. The van der Waals surface area contributed by atoms with Crippen LogP contribution in [-0.4, -0.2) is 52.8 Å². The number of aromatic nitrogens is 1. The smallest absolute Gasteiger partial charge is 0.329 e. The molecule has 1 aliphatic heterocycles. The van der Waals surface area contributed by atoms with Gasteiger partial charge >= 0.3 is 5.97 Å². The van der Waals surface area contributed by atoms with Crippen molar-refractivity contribution >= 4 is 52.5 Å². The summed E-state index contributed by atoms with van der Waals surface area (Å²) in [6.45, 7) is 4.56. The second kappa shape index (κ2) is 11.4. The van der Waals surface area contributed by atoms with Crippen LogP contribution in [0.5, 0.6) is 0 Å². The number of ether oxygens (including phenoxy) is 1. The van der Waals surface area contributed by atoms with Gasteiger partial charge in [-0.3, -0.25) is 24.1 Å². The SMILES string of the molecule is CC(C)(C)c1cc(N2C(=O)C(=O)C(C(=O)c3cccc(NC(=O)COCC(=O)O)c3)C2c2ccc(Cl)cc2)no1. The number of carbonyl (C=O) groups is 5. The molecule has 0 radical (unpaired) electrons. The molecule has 1 aliphatic rings. The Kier molecular flexibility index (Phi) is 8.17. The van der Waals surface area contributed by atoms with E-state index < -0.39 is 59.9 Å². The lowest BCUT2D eigenvalue weighted by Gasteiger charge is -2.25. The monoisotopic (exact) mass is 567 g/mol. The Hall–Kier alpha value is -4.35. The maximum Gasteiger partial charge on any atom is 0.329 e. The van der Waals surface area contributed by atoms with Crippen LogP contribution < -0.4 is 10.2 Å². The number of anilines is 2. The largest absolute Gasteiger partial charge is 0.480 e. The summed E-state index contributed by atoms with van der Waals surface area (Å²) < 4.78 is 10.2. The lowest BCUT2D eigenvalue weighted by molar-refractivity contribution is -0.143. The number of benzene rings is 2. The number of hydrogen-bond acceptors (Lipinski definition) is 8. The maximum absolute atomic E-state index is 13.8. The molecule has 2 heterocycles. The first-order valence-corrected chi connectivity index (χ1v) is 12.6. The molecule has 0 spiro atoms. The molecule has 4 rings (SSSR count). The summed E-state index contributed by atoms with van der Waals surface area (Å²) >= 11 is 6.07. The molecule has 0 saturated carbocycles. The Morgan fingerprint density at radius 1 is 1.07 bits per heavy atom. The van der Waals surface area contributed by atoms with Crippen LogP contribution in [0.25, 0.3) is 0 Å². The third-order valence-corrected chi connectivity index (χ3v) is 6.43. The summed E-state index contributed by atoms with van der Waals surface area (Å²) in [5.41, 5.74) is 0.360. The fourth-order valence-electron chi connectivity index (χ4n) is 4.27. The highest BCUT2D eigenvalue weighted by atomic mass is 35.5. The van der Waals surface area contributed by atoms with Gasteiger partial charge in [-0.2, -0.15) is 0 Å². The molecule has 1 aromatic heterocycles. The van der Waals surface area contributed by atoms with E-state index in [9.17, 15) is 24.0 Å². The molecule has 3 aromatic rings. The van der Waals surface area contributed by atoms with Gasteiger partial charge in [0.05, 0.1) is 6.04 Å². The Balaban J connectivity index is 1.68. The highest BCUT2D eigenvalue weighted by Crippen LogP contribution is 2.42. The number of Topliss-reactive ketones (excluding diaryl/α,β-unsaturated/α-hetero) is 2. The molecule has 1 saturated heterocycles. The standard InChI is InChI=1S/C28H26ClN3O8/c1-28(2,3)19-12-20(31-40-19)32-24(15-7-9-17(29)10-8-15)23(26(37)27(32)38)25(36)16-5-4-6-18(11-16)30-21(33)13-39-14-22(34)35/h4-12,23-24H,13-14H2,1-3H3,(H,30,33)(H,34,35). The van der Waals surface area contributed by atoms with E-state index in [0.29, 0.717) is 16.3 Å². The number of nitrogens with zero attached hydrogens (tertiary/aromatic N) is 2. The van der Waals surface area contributed by atoms with Crippen molar-refractivity contribution < 1.29 is 38.3 Å². The van der Waals surface area contributed by atoms with E-state index >= 15 is 0 Å². The minimum absolute atomic E-state index is 0.0757. The number of ketones is 2. The van der Waals surface area contributed by atoms with Crippen LogP contribution in [0.15, 0.2) is 59.1 Å². The molecule has 40 heavy (non-hydrogen) atoms. The predicted octanol–water partition coefficient (Wildman–Crippen LogP) is 3.82. The van der Waals surface area contributed by atoms with Crippen LogP contribution in [0.1, 0.15) is 48.5 Å². The van der Waals surface area contributed by atoms with Crippen molar-refractivity contribution in [1.29, 1.82) is 0 Å². The number of halogens is 1. The Bertz CT molecular complexity index is 1480. The molecule has 11 nitrogen and oxygen atoms in total. The second-order valence-corrected chi connectivity index (χ2v) is 10.6. The number of amides is 2. The van der Waals surface area contributed by atoms with Crippen LogP contribution in [0.3, 0.4) is 0 Å². The number of rotatable bonds is 9. The van der Waals surface area contributed by atoms with E-state index in [1.165, 1.54) is 24.3 Å². The topological polar surface area (TPSA) is 156 Å². The Morgan fingerprint density at radius 2 is 1.77 bits per heavy atom. The van der Waals surface area contributed by atoms with E-state index in [-0.39, 0.29) is 17.1 Å². The first-order valence-electron chi connectivity index (χ1n) is 12.2. The van der Waals surface area contributed by atoms with Crippen LogP contribution in [0.4, 0.5) is 11.5 Å². The van der Waals surface area contributed by atoms with Gasteiger partial charge in [0.25, 0.3) is 5.91 Å². The normalized spacial score (nSPS) is 17.2. The van der Waals surface area contributed by atoms with Gasteiger partial charge in [-0.25, -0.2) is 4.79 Å². The molecule has 0 aliphatic carbocycles. The van der Waals surface area contributed by atoms with Gasteiger partial charge < -0.3 is 19.7 Å². The summed E-state index contributed by atoms with van der Waals surface area (Å²) in [6.07, 6.45) is 0. The predicted molar refractivity (Wildman–Crippen MR) is 143 cm³/mol. The maximum atomic E-state index is 13.8. The van der Waals surface area contributed by atoms with Gasteiger partial charge in [-0.1, -0.05) is 61.8 Å². The molecule has 208 valence electrons. The molecule has 0 bridgehead atoms. The molecule has 2 atom stereocenters. The van der Waals surface area contributed by atoms with Crippen molar-refractivity contribution in [3.8, 4) is 0 Å². The first-order chi connectivity index (χ1) is 18.9. The number of nitrogens with one attached hydrogen (secondary N) is 1. The molecule has 2 aromatic carbocycles. The van der Waals surface area contributed by atoms with Gasteiger partial charge in [0.15, 0.2) is 11.6 Å². The van der Waals surface area contributed by atoms with E-state index in [4.69, 9.17) is 26.0 Å². The molecule has 2 unspecified atom stereocenters. The average Bonchev–Trinajstić information content (AvgIpc) is 3.47. The first kappa shape index (κ1) is 28.7. The van der Waals surface area contributed by atoms with E-state index in [2.05, 4.69) is 10.5 Å². The lowest BCUT2D eigenvalue weighted by Crippen LogP contribution is -2.31. The van der Waals surface area contributed by atoms with Crippen LogP contribution in [0.2, 0.25) is 5.02 Å². The van der Waals surface area contributed by atoms with Crippen LogP contribution in [0, 0.1) is 5.92 Å². The number of carbonyl (C=O) groups excluding carboxylic acids is 4. The molecule has 1 fully saturated rings. The van der Waals surface area contributed by atoms with Crippen molar-refractivity contribution in [1.82, 2.24) is 5.16 Å². The fraction of sp³-hybridized carbons (Fsp3) is 0.286. The van der Waals surface area contributed by atoms with Gasteiger partial charge in [0.2, 0.25) is 11.7 Å². The van der Waals surface area contributed by atoms with Crippen LogP contribution in [-0.2, 0) is 29.3 Å². The number of aliphatic carboxylic acids is 1. The minimum atomic E-state index is -1.42. The highest BCUT2D eigenvalue weighted by Gasteiger charge is 2.53. The Morgan fingerprint density at radius 3 is 2.40 bits per heavy atom. The summed E-state index contributed by atoms with van der Waals surface area (Å²) in [7, 11) is 0. The van der Waals surface area contributed by atoms with Crippen molar-refractivity contribution in [2.24, 2.45) is 5.92 Å². The third-order valence-electron chi connectivity index (χ3n) is 6.17. The van der Waals surface area contributed by atoms with E-state index in [1.807, 2.05) is 20.8 Å². The number of hydrogen-bond donors (Lipinski definition) is 2. The zero-order valence-corrected chi connectivity index (χ0v) is 22.6. The van der Waals surface area contributed by atoms with Crippen molar-refractivity contribution in [3.05, 3.63) is 76.5 Å². The van der Waals surface area contributed by atoms with Gasteiger partial charge in [-0.05, 0) is 29.8 Å². The lowest BCUT2D eigenvalue weighted by atomic mass is 9.86. The summed E-state index contributed by atoms with van der Waals surface area (Å²) in [6, 6.07) is 12.8. The molecule has 12 heteroatoms. The highest BCUT2D eigenvalue weighted by molar-refractivity contribution is 6.48. The number of carboxylic acids is 1. The summed E-state index contributed by atoms with van der Waals surface area (Å²) in [4.78, 5) is 64.4. The van der Waals surface area contributed by atoms with Gasteiger partial charge in [0.1, 0.15) is 24.9 Å². The van der Waals surface area contributed by atoms with Crippen molar-refractivity contribution in [2.75, 3.05) is 23.4 Å². The zero-order valence-electron chi connectivity index (χ0n) is 21.8. The van der Waals surface area contributed by atoms with E-state index in [1.54, 1.807) is 30.3 Å². The summed E-state index contributed by atoms with van der Waals surface area (Å²) in [5.74, 6) is -5.16.